The molecule has 1 aromatic carbocycles. The van der Waals surface area contributed by atoms with Crippen LogP contribution >= 0.6 is 11.6 Å². The maximum Gasteiger partial charge on any atom is 0.416 e. The summed E-state index contributed by atoms with van der Waals surface area (Å²) in [5.74, 6) is 0. The van der Waals surface area contributed by atoms with Crippen molar-refractivity contribution >= 4 is 21.6 Å². The Labute approximate surface area is 131 Å². The second-order valence-electron chi connectivity index (χ2n) is 5.32. The minimum absolute atomic E-state index is 0.259. The van der Waals surface area contributed by atoms with E-state index in [9.17, 15) is 21.6 Å². The summed E-state index contributed by atoms with van der Waals surface area (Å²) < 4.78 is 65.2. The summed E-state index contributed by atoms with van der Waals surface area (Å²) in [6.07, 6.45) is -1.70. The molecule has 1 saturated carbocycles. The van der Waals surface area contributed by atoms with E-state index in [4.69, 9.17) is 17.3 Å². The van der Waals surface area contributed by atoms with Crippen LogP contribution in [0.15, 0.2) is 23.1 Å². The Morgan fingerprint density at radius 3 is 2.45 bits per heavy atom. The molecule has 2 rings (SSSR count). The lowest BCUT2D eigenvalue weighted by Gasteiger charge is -2.29. The Bertz CT molecular complexity index is 649. The fourth-order valence-corrected chi connectivity index (χ4v) is 4.30. The van der Waals surface area contributed by atoms with Crippen LogP contribution in [0.4, 0.5) is 13.2 Å². The van der Waals surface area contributed by atoms with Gasteiger partial charge in [-0.2, -0.15) is 13.2 Å². The van der Waals surface area contributed by atoms with Crippen LogP contribution in [0.5, 0.6) is 0 Å². The first kappa shape index (κ1) is 17.5. The zero-order valence-corrected chi connectivity index (χ0v) is 13.1. The average Bonchev–Trinajstić information content (AvgIpc) is 2.40. The summed E-state index contributed by atoms with van der Waals surface area (Å²) in [6.45, 7) is 0. The van der Waals surface area contributed by atoms with Crippen molar-refractivity contribution < 1.29 is 21.6 Å². The number of sulfonamides is 1. The molecule has 0 bridgehead atoms. The molecule has 0 amide bonds. The molecule has 1 aromatic rings. The zero-order chi connectivity index (χ0) is 16.5. The molecule has 0 saturated heterocycles. The largest absolute Gasteiger partial charge is 0.416 e. The number of nitrogens with two attached hydrogens (primary N) is 1. The lowest BCUT2D eigenvalue weighted by molar-refractivity contribution is -0.137. The van der Waals surface area contributed by atoms with Gasteiger partial charge < -0.3 is 5.73 Å². The third kappa shape index (κ3) is 3.92. The lowest BCUT2D eigenvalue weighted by atomic mass is 9.92. The van der Waals surface area contributed by atoms with Crippen LogP contribution in [0.25, 0.3) is 0 Å². The number of hydrogen-bond donors (Lipinski definition) is 2. The van der Waals surface area contributed by atoms with Crippen LogP contribution in [0.1, 0.15) is 31.2 Å². The minimum Gasteiger partial charge on any atom is -0.326 e. The molecule has 0 aromatic heterocycles. The van der Waals surface area contributed by atoms with Gasteiger partial charge in [-0.05, 0) is 31.0 Å². The standard InChI is InChI=1S/C13H16ClF3N2O2S/c14-9-6-5-8(13(15,16)17)7-12(9)22(20,21)19-11-4-2-1-3-10(11)18/h5-7,10-11,19H,1-4,18H2/t10-,11-/m1/s1. The molecule has 1 fully saturated rings. The summed E-state index contributed by atoms with van der Waals surface area (Å²) in [5, 5.41) is -0.259. The highest BCUT2D eigenvalue weighted by molar-refractivity contribution is 7.89. The van der Waals surface area contributed by atoms with Crippen molar-refractivity contribution in [2.75, 3.05) is 0 Å². The van der Waals surface area contributed by atoms with Crippen molar-refractivity contribution in [1.82, 2.24) is 4.72 Å². The van der Waals surface area contributed by atoms with Crippen LogP contribution in [0.2, 0.25) is 5.02 Å². The molecule has 2 atom stereocenters. The number of rotatable bonds is 3. The van der Waals surface area contributed by atoms with Gasteiger partial charge in [0, 0.05) is 12.1 Å². The van der Waals surface area contributed by atoms with Crippen LogP contribution in [-0.4, -0.2) is 20.5 Å². The van der Waals surface area contributed by atoms with E-state index in [1.165, 1.54) is 0 Å². The van der Waals surface area contributed by atoms with E-state index in [0.29, 0.717) is 18.9 Å². The third-order valence-electron chi connectivity index (χ3n) is 3.67. The van der Waals surface area contributed by atoms with E-state index in [-0.39, 0.29) is 11.1 Å². The number of hydrogen-bond acceptors (Lipinski definition) is 3. The molecule has 0 aliphatic heterocycles. The predicted octanol–water partition coefficient (Wildman–Crippen LogP) is 2.91. The molecule has 0 heterocycles. The fraction of sp³-hybridized carbons (Fsp3) is 0.538. The molecule has 0 radical (unpaired) electrons. The summed E-state index contributed by atoms with van der Waals surface area (Å²) in [7, 11) is -4.17. The van der Waals surface area contributed by atoms with Gasteiger partial charge in [-0.15, -0.1) is 0 Å². The van der Waals surface area contributed by atoms with Gasteiger partial charge in [0.1, 0.15) is 4.90 Å². The first-order valence-electron chi connectivity index (χ1n) is 6.76. The van der Waals surface area contributed by atoms with E-state index in [1.807, 2.05) is 0 Å². The molecule has 0 spiro atoms. The highest BCUT2D eigenvalue weighted by Gasteiger charge is 2.34. The Balaban J connectivity index is 2.32. The second-order valence-corrected chi connectivity index (χ2v) is 7.41. The number of nitrogens with one attached hydrogen (secondary N) is 1. The third-order valence-corrected chi connectivity index (χ3v) is 5.65. The van der Waals surface area contributed by atoms with Gasteiger partial charge in [0.15, 0.2) is 0 Å². The van der Waals surface area contributed by atoms with Crippen molar-refractivity contribution in [3.63, 3.8) is 0 Å². The van der Waals surface area contributed by atoms with Crippen LogP contribution in [0.3, 0.4) is 0 Å². The fourth-order valence-electron chi connectivity index (χ4n) is 2.45. The van der Waals surface area contributed by atoms with Crippen LogP contribution in [-0.2, 0) is 16.2 Å². The number of benzene rings is 1. The number of halogens is 4. The quantitative estimate of drug-likeness (QED) is 0.874. The van der Waals surface area contributed by atoms with Gasteiger partial charge >= 0.3 is 6.18 Å². The van der Waals surface area contributed by atoms with Crippen LogP contribution < -0.4 is 10.5 Å². The number of alkyl halides is 3. The van der Waals surface area contributed by atoms with Crippen molar-refractivity contribution in [1.29, 1.82) is 0 Å². The maximum atomic E-state index is 12.7. The molecule has 0 unspecified atom stereocenters. The highest BCUT2D eigenvalue weighted by Crippen LogP contribution is 2.33. The van der Waals surface area contributed by atoms with E-state index in [2.05, 4.69) is 4.72 Å². The van der Waals surface area contributed by atoms with Crippen molar-refractivity contribution in [3.05, 3.63) is 28.8 Å². The first-order chi connectivity index (χ1) is 10.1. The first-order valence-corrected chi connectivity index (χ1v) is 8.62. The molecule has 1 aliphatic carbocycles. The molecule has 22 heavy (non-hydrogen) atoms. The van der Waals surface area contributed by atoms with Crippen molar-refractivity contribution in [2.24, 2.45) is 5.73 Å². The SMILES string of the molecule is N[C@@H]1CCCC[C@H]1NS(=O)(=O)c1cc(C(F)(F)F)ccc1Cl. The van der Waals surface area contributed by atoms with Gasteiger partial charge in [0.25, 0.3) is 0 Å². The van der Waals surface area contributed by atoms with Crippen molar-refractivity contribution in [2.45, 2.75) is 48.8 Å². The molecule has 4 nitrogen and oxygen atoms in total. The van der Waals surface area contributed by atoms with E-state index >= 15 is 0 Å². The Kier molecular flexibility index (Phi) is 5.06. The van der Waals surface area contributed by atoms with Gasteiger partial charge in [0.2, 0.25) is 10.0 Å². The van der Waals surface area contributed by atoms with Crippen LogP contribution in [0, 0.1) is 0 Å². The summed E-state index contributed by atoms with van der Waals surface area (Å²) in [6, 6.07) is 1.37. The Hall–Kier alpha value is -0.830. The normalized spacial score (nSPS) is 23.5. The van der Waals surface area contributed by atoms with E-state index < -0.39 is 32.7 Å². The lowest BCUT2D eigenvalue weighted by Crippen LogP contribution is -2.49. The second kappa shape index (κ2) is 6.35. The molecule has 9 heteroatoms. The zero-order valence-electron chi connectivity index (χ0n) is 11.5. The van der Waals surface area contributed by atoms with Gasteiger partial charge in [-0.3, -0.25) is 0 Å². The van der Waals surface area contributed by atoms with Crippen molar-refractivity contribution in [3.8, 4) is 0 Å². The topological polar surface area (TPSA) is 72.2 Å². The maximum absolute atomic E-state index is 12.7. The Morgan fingerprint density at radius 2 is 1.86 bits per heavy atom. The predicted molar refractivity (Wildman–Crippen MR) is 77.0 cm³/mol. The van der Waals surface area contributed by atoms with E-state index in [0.717, 1.165) is 25.0 Å². The smallest absolute Gasteiger partial charge is 0.326 e. The van der Waals surface area contributed by atoms with Gasteiger partial charge in [0.05, 0.1) is 10.6 Å². The minimum atomic E-state index is -4.64. The van der Waals surface area contributed by atoms with Gasteiger partial charge in [-0.25, -0.2) is 13.1 Å². The Morgan fingerprint density at radius 1 is 1.23 bits per heavy atom. The molecule has 3 N–H and O–H groups in total. The van der Waals surface area contributed by atoms with Gasteiger partial charge in [-0.1, -0.05) is 24.4 Å². The average molecular weight is 357 g/mol. The molecule has 124 valence electrons. The molecular weight excluding hydrogens is 341 g/mol. The monoisotopic (exact) mass is 356 g/mol. The van der Waals surface area contributed by atoms with E-state index in [1.54, 1.807) is 0 Å². The summed E-state index contributed by atoms with van der Waals surface area (Å²) in [5.41, 5.74) is 4.80. The molecule has 1 aliphatic rings. The summed E-state index contributed by atoms with van der Waals surface area (Å²) in [4.78, 5) is -0.582. The summed E-state index contributed by atoms with van der Waals surface area (Å²) >= 11 is 5.77. The molecular formula is C13H16ClF3N2O2S. The highest BCUT2D eigenvalue weighted by atomic mass is 35.5.